The zero-order valence-corrected chi connectivity index (χ0v) is 10.6. The maximum Gasteiger partial charge on any atom is 0.220 e. The molecular formula is C9H19NO2S2. The quantitative estimate of drug-likeness (QED) is 0.545. The molecular weight excluding hydrogens is 218 g/mol. The van der Waals surface area contributed by atoms with Gasteiger partial charge in [0, 0.05) is 23.5 Å². The van der Waals surface area contributed by atoms with Crippen molar-refractivity contribution in [2.75, 3.05) is 18.9 Å². The van der Waals surface area contributed by atoms with Crippen molar-refractivity contribution in [1.29, 1.82) is 0 Å². The van der Waals surface area contributed by atoms with E-state index >= 15 is 0 Å². The van der Waals surface area contributed by atoms with Gasteiger partial charge in [0.1, 0.15) is 0 Å². The standard InChI is InChI=1S/C9H19NO2S2/c1-9(2,3)14-13-7-4-8(12)10-5-6-11/h11H,4-7H2,1-3H3,(H,10,12). The van der Waals surface area contributed by atoms with Gasteiger partial charge in [0.2, 0.25) is 5.91 Å². The minimum Gasteiger partial charge on any atom is -0.395 e. The lowest BCUT2D eigenvalue weighted by molar-refractivity contribution is -0.120. The highest BCUT2D eigenvalue weighted by atomic mass is 33.1. The van der Waals surface area contributed by atoms with Crippen LogP contribution in [0.1, 0.15) is 27.2 Å². The number of aliphatic hydroxyl groups is 1. The molecule has 0 fully saturated rings. The Morgan fingerprint density at radius 3 is 2.57 bits per heavy atom. The van der Waals surface area contributed by atoms with E-state index in [1.165, 1.54) is 0 Å². The van der Waals surface area contributed by atoms with Crippen LogP contribution in [0.5, 0.6) is 0 Å². The van der Waals surface area contributed by atoms with Crippen molar-refractivity contribution in [3.8, 4) is 0 Å². The monoisotopic (exact) mass is 237 g/mol. The fraction of sp³-hybridized carbons (Fsp3) is 0.889. The van der Waals surface area contributed by atoms with Crippen molar-refractivity contribution in [3.05, 3.63) is 0 Å². The van der Waals surface area contributed by atoms with E-state index < -0.39 is 0 Å². The lowest BCUT2D eigenvalue weighted by Gasteiger charge is -2.15. The molecule has 0 rings (SSSR count). The van der Waals surface area contributed by atoms with E-state index in [0.717, 1.165) is 5.75 Å². The second kappa shape index (κ2) is 7.43. The molecule has 1 amide bonds. The number of nitrogens with one attached hydrogen (secondary N) is 1. The van der Waals surface area contributed by atoms with Crippen molar-refractivity contribution in [3.63, 3.8) is 0 Å². The normalized spacial score (nSPS) is 11.4. The lowest BCUT2D eigenvalue weighted by Crippen LogP contribution is -2.26. The van der Waals surface area contributed by atoms with Crippen LogP contribution >= 0.6 is 21.6 Å². The fourth-order valence-corrected chi connectivity index (χ4v) is 2.90. The second-order valence-electron chi connectivity index (χ2n) is 3.84. The predicted octanol–water partition coefficient (Wildman–Crippen LogP) is 1.66. The Morgan fingerprint density at radius 2 is 2.07 bits per heavy atom. The average molecular weight is 237 g/mol. The molecule has 14 heavy (non-hydrogen) atoms. The molecule has 0 aromatic heterocycles. The van der Waals surface area contributed by atoms with E-state index in [1.807, 2.05) is 0 Å². The van der Waals surface area contributed by atoms with E-state index in [9.17, 15) is 4.79 Å². The number of carbonyl (C=O) groups excluding carboxylic acids is 1. The van der Waals surface area contributed by atoms with Gasteiger partial charge in [-0.3, -0.25) is 4.79 Å². The van der Waals surface area contributed by atoms with Crippen molar-refractivity contribution in [1.82, 2.24) is 5.32 Å². The first kappa shape index (κ1) is 14.1. The summed E-state index contributed by atoms with van der Waals surface area (Å²) in [6.45, 7) is 6.81. The van der Waals surface area contributed by atoms with Crippen LogP contribution in [0.4, 0.5) is 0 Å². The second-order valence-corrected chi connectivity index (χ2v) is 7.08. The third-order valence-electron chi connectivity index (χ3n) is 1.16. The summed E-state index contributed by atoms with van der Waals surface area (Å²) in [7, 11) is 3.50. The van der Waals surface area contributed by atoms with Crippen molar-refractivity contribution in [2.45, 2.75) is 31.9 Å². The van der Waals surface area contributed by atoms with Gasteiger partial charge in [-0.05, 0) is 0 Å². The van der Waals surface area contributed by atoms with Gasteiger partial charge < -0.3 is 10.4 Å². The lowest BCUT2D eigenvalue weighted by atomic mass is 10.3. The van der Waals surface area contributed by atoms with Crippen molar-refractivity contribution in [2.24, 2.45) is 0 Å². The van der Waals surface area contributed by atoms with Crippen LogP contribution in [0.2, 0.25) is 0 Å². The first-order valence-corrected chi connectivity index (χ1v) is 6.96. The fourth-order valence-electron chi connectivity index (χ4n) is 0.637. The molecule has 0 aromatic carbocycles. The maximum atomic E-state index is 11.1. The molecule has 0 atom stereocenters. The van der Waals surface area contributed by atoms with Crippen LogP contribution < -0.4 is 5.32 Å². The summed E-state index contributed by atoms with van der Waals surface area (Å²) in [5, 5.41) is 11.1. The SMILES string of the molecule is CC(C)(C)SSCCC(=O)NCCO. The Morgan fingerprint density at radius 1 is 1.43 bits per heavy atom. The Kier molecular flexibility index (Phi) is 7.49. The Labute approximate surface area is 93.8 Å². The van der Waals surface area contributed by atoms with Gasteiger partial charge in [-0.15, -0.1) is 0 Å². The van der Waals surface area contributed by atoms with Gasteiger partial charge in [0.25, 0.3) is 0 Å². The minimum absolute atomic E-state index is 0.00955. The zero-order valence-electron chi connectivity index (χ0n) is 9.00. The highest BCUT2D eigenvalue weighted by molar-refractivity contribution is 8.77. The van der Waals surface area contributed by atoms with Crippen LogP contribution in [-0.4, -0.2) is 34.7 Å². The first-order chi connectivity index (χ1) is 6.45. The minimum atomic E-state index is 0.00955. The zero-order chi connectivity index (χ0) is 11.0. The largest absolute Gasteiger partial charge is 0.395 e. The molecule has 84 valence electrons. The van der Waals surface area contributed by atoms with Gasteiger partial charge in [0.15, 0.2) is 0 Å². The summed E-state index contributed by atoms with van der Waals surface area (Å²) < 4.78 is 0.242. The number of carbonyl (C=O) groups is 1. The van der Waals surface area contributed by atoms with E-state index in [-0.39, 0.29) is 17.3 Å². The summed E-state index contributed by atoms with van der Waals surface area (Å²) in [6.07, 6.45) is 0.522. The number of aliphatic hydroxyl groups excluding tert-OH is 1. The van der Waals surface area contributed by atoms with E-state index in [4.69, 9.17) is 5.11 Å². The molecule has 0 aliphatic heterocycles. The average Bonchev–Trinajstić information content (AvgIpc) is 2.07. The summed E-state index contributed by atoms with van der Waals surface area (Å²) in [6, 6.07) is 0. The van der Waals surface area contributed by atoms with Gasteiger partial charge >= 0.3 is 0 Å². The number of rotatable bonds is 6. The Bertz CT molecular complexity index is 169. The Hall–Kier alpha value is 0.130. The molecule has 0 saturated carbocycles. The van der Waals surface area contributed by atoms with Crippen LogP contribution in [0, 0.1) is 0 Å². The van der Waals surface area contributed by atoms with Gasteiger partial charge in [-0.2, -0.15) is 0 Å². The molecule has 0 aliphatic carbocycles. The summed E-state index contributed by atoms with van der Waals surface area (Å²) >= 11 is 0. The molecule has 0 aromatic rings. The third kappa shape index (κ3) is 10.2. The summed E-state index contributed by atoms with van der Waals surface area (Å²) in [4.78, 5) is 11.1. The highest BCUT2D eigenvalue weighted by Crippen LogP contribution is 2.35. The summed E-state index contributed by atoms with van der Waals surface area (Å²) in [5.41, 5.74) is 0. The molecule has 0 aliphatic rings. The number of hydrogen-bond donors (Lipinski definition) is 2. The Balaban J connectivity index is 3.32. The van der Waals surface area contributed by atoms with Crippen LogP contribution in [-0.2, 0) is 4.79 Å². The van der Waals surface area contributed by atoms with Crippen molar-refractivity contribution >= 4 is 27.5 Å². The molecule has 5 heteroatoms. The molecule has 0 bridgehead atoms. The number of hydrogen-bond acceptors (Lipinski definition) is 4. The molecule has 0 radical (unpaired) electrons. The molecule has 0 spiro atoms. The number of amides is 1. The van der Waals surface area contributed by atoms with Crippen molar-refractivity contribution < 1.29 is 9.90 Å². The van der Waals surface area contributed by atoms with Gasteiger partial charge in [-0.25, -0.2) is 0 Å². The maximum absolute atomic E-state index is 11.1. The topological polar surface area (TPSA) is 49.3 Å². The van der Waals surface area contributed by atoms with Crippen LogP contribution in [0.3, 0.4) is 0 Å². The first-order valence-electron chi connectivity index (χ1n) is 4.64. The third-order valence-corrected chi connectivity index (χ3v) is 4.50. The van der Waals surface area contributed by atoms with Crippen LogP contribution in [0.15, 0.2) is 0 Å². The van der Waals surface area contributed by atoms with Gasteiger partial charge in [-0.1, -0.05) is 42.4 Å². The molecule has 3 nitrogen and oxygen atoms in total. The van der Waals surface area contributed by atoms with E-state index in [0.29, 0.717) is 13.0 Å². The van der Waals surface area contributed by atoms with Gasteiger partial charge in [0.05, 0.1) is 6.61 Å². The molecule has 2 N–H and O–H groups in total. The highest BCUT2D eigenvalue weighted by Gasteiger charge is 2.11. The summed E-state index contributed by atoms with van der Waals surface area (Å²) in [5.74, 6) is 0.834. The molecule has 0 unspecified atom stereocenters. The van der Waals surface area contributed by atoms with E-state index in [1.54, 1.807) is 21.6 Å². The molecule has 0 saturated heterocycles. The van der Waals surface area contributed by atoms with Crippen LogP contribution in [0.25, 0.3) is 0 Å². The smallest absolute Gasteiger partial charge is 0.220 e. The van der Waals surface area contributed by atoms with E-state index in [2.05, 4.69) is 26.1 Å². The predicted molar refractivity (Wildman–Crippen MR) is 64.5 cm³/mol. The molecule has 0 heterocycles.